The van der Waals surface area contributed by atoms with E-state index in [0.717, 1.165) is 15.0 Å². The van der Waals surface area contributed by atoms with E-state index in [1.54, 1.807) is 6.08 Å². The van der Waals surface area contributed by atoms with Gasteiger partial charge in [0.05, 0.1) is 6.54 Å². The first-order chi connectivity index (χ1) is 9.60. The quantitative estimate of drug-likeness (QED) is 0.742. The number of fused-ring (bicyclic) bond motifs is 1. The van der Waals surface area contributed by atoms with E-state index in [-0.39, 0.29) is 18.6 Å². The third-order valence-electron chi connectivity index (χ3n) is 2.94. The number of rotatable bonds is 5. The standard InChI is InChI=1S/C15H18N2O2S/c1-3-10(2)17-15(19)16-9-12(18)14-8-11-6-4-5-7-13(11)20-14/h3-8,10,12,18H,1,9H2,2H3,(H2,16,17,19). The number of hydrogen-bond donors (Lipinski definition) is 3. The van der Waals surface area contributed by atoms with E-state index in [1.165, 1.54) is 11.3 Å². The molecule has 106 valence electrons. The van der Waals surface area contributed by atoms with Gasteiger partial charge in [0, 0.05) is 15.6 Å². The van der Waals surface area contributed by atoms with Crippen LogP contribution in [0.25, 0.3) is 10.1 Å². The normalized spacial score (nSPS) is 13.7. The van der Waals surface area contributed by atoms with Crippen molar-refractivity contribution in [2.75, 3.05) is 6.54 Å². The number of nitrogens with one attached hydrogen (secondary N) is 2. The van der Waals surface area contributed by atoms with Crippen molar-refractivity contribution >= 4 is 27.5 Å². The zero-order chi connectivity index (χ0) is 14.5. The summed E-state index contributed by atoms with van der Waals surface area (Å²) in [4.78, 5) is 12.4. The number of urea groups is 1. The van der Waals surface area contributed by atoms with Crippen molar-refractivity contribution in [3.8, 4) is 0 Å². The van der Waals surface area contributed by atoms with Crippen LogP contribution in [0.5, 0.6) is 0 Å². The molecule has 1 aromatic heterocycles. The predicted molar refractivity (Wildman–Crippen MR) is 83.0 cm³/mol. The molecule has 1 aromatic carbocycles. The van der Waals surface area contributed by atoms with Gasteiger partial charge in [-0.05, 0) is 24.4 Å². The van der Waals surface area contributed by atoms with Gasteiger partial charge in [-0.15, -0.1) is 17.9 Å². The van der Waals surface area contributed by atoms with Crippen LogP contribution in [0.1, 0.15) is 17.9 Å². The first-order valence-corrected chi connectivity index (χ1v) is 7.25. The van der Waals surface area contributed by atoms with Crippen LogP contribution in [-0.2, 0) is 0 Å². The third-order valence-corrected chi connectivity index (χ3v) is 4.16. The fourth-order valence-electron chi connectivity index (χ4n) is 1.77. The van der Waals surface area contributed by atoms with Crippen molar-refractivity contribution in [1.29, 1.82) is 0 Å². The van der Waals surface area contributed by atoms with Crippen LogP contribution in [0.4, 0.5) is 4.79 Å². The number of amides is 2. The molecule has 0 saturated heterocycles. The van der Waals surface area contributed by atoms with E-state index >= 15 is 0 Å². The maximum Gasteiger partial charge on any atom is 0.315 e. The molecule has 0 saturated carbocycles. The van der Waals surface area contributed by atoms with Crippen molar-refractivity contribution in [2.45, 2.75) is 19.1 Å². The average Bonchev–Trinajstić information content (AvgIpc) is 2.88. The van der Waals surface area contributed by atoms with E-state index in [1.807, 2.05) is 37.3 Å². The fourth-order valence-corrected chi connectivity index (χ4v) is 2.82. The number of hydrogen-bond acceptors (Lipinski definition) is 3. The summed E-state index contributed by atoms with van der Waals surface area (Å²) in [7, 11) is 0. The van der Waals surface area contributed by atoms with Crippen LogP contribution < -0.4 is 10.6 Å². The SMILES string of the molecule is C=CC(C)NC(=O)NCC(O)c1cc2ccccc2s1. The Morgan fingerprint density at radius 3 is 2.95 bits per heavy atom. The van der Waals surface area contributed by atoms with Crippen LogP contribution in [0.15, 0.2) is 43.0 Å². The maximum absolute atomic E-state index is 11.5. The first-order valence-electron chi connectivity index (χ1n) is 6.43. The van der Waals surface area contributed by atoms with Crippen molar-refractivity contribution in [3.63, 3.8) is 0 Å². The summed E-state index contributed by atoms with van der Waals surface area (Å²) in [6.07, 6.45) is 0.944. The Bertz CT molecular complexity index is 576. The molecule has 2 amide bonds. The van der Waals surface area contributed by atoms with Crippen molar-refractivity contribution in [2.24, 2.45) is 0 Å². The van der Waals surface area contributed by atoms with Gasteiger partial charge >= 0.3 is 6.03 Å². The molecule has 3 N–H and O–H groups in total. The smallest absolute Gasteiger partial charge is 0.315 e. The Labute approximate surface area is 122 Å². The molecule has 0 radical (unpaired) electrons. The van der Waals surface area contributed by atoms with E-state index in [4.69, 9.17) is 0 Å². The van der Waals surface area contributed by atoms with E-state index in [2.05, 4.69) is 17.2 Å². The summed E-state index contributed by atoms with van der Waals surface area (Å²) in [5.74, 6) is 0. The second kappa shape index (κ2) is 6.54. The molecule has 2 unspecified atom stereocenters. The summed E-state index contributed by atoms with van der Waals surface area (Å²) >= 11 is 1.54. The van der Waals surface area contributed by atoms with Gasteiger partial charge in [-0.25, -0.2) is 4.79 Å². The second-order valence-electron chi connectivity index (χ2n) is 4.58. The maximum atomic E-state index is 11.5. The fraction of sp³-hybridized carbons (Fsp3) is 0.267. The molecule has 0 aliphatic carbocycles. The minimum atomic E-state index is -0.697. The highest BCUT2D eigenvalue weighted by molar-refractivity contribution is 7.19. The van der Waals surface area contributed by atoms with Gasteiger partial charge in [-0.2, -0.15) is 0 Å². The second-order valence-corrected chi connectivity index (χ2v) is 5.70. The minimum Gasteiger partial charge on any atom is -0.386 e. The van der Waals surface area contributed by atoms with Gasteiger partial charge in [0.2, 0.25) is 0 Å². The lowest BCUT2D eigenvalue weighted by molar-refractivity contribution is 0.176. The Balaban J connectivity index is 1.93. The van der Waals surface area contributed by atoms with Crippen LogP contribution in [0.2, 0.25) is 0 Å². The molecular formula is C15H18N2O2S. The lowest BCUT2D eigenvalue weighted by Gasteiger charge is -2.13. The van der Waals surface area contributed by atoms with Gasteiger partial charge in [0.25, 0.3) is 0 Å². The Hall–Kier alpha value is -1.85. The van der Waals surface area contributed by atoms with Crippen LogP contribution >= 0.6 is 11.3 Å². The zero-order valence-electron chi connectivity index (χ0n) is 11.3. The monoisotopic (exact) mass is 290 g/mol. The number of thiophene rings is 1. The molecule has 4 nitrogen and oxygen atoms in total. The van der Waals surface area contributed by atoms with Gasteiger partial charge in [0.15, 0.2) is 0 Å². The highest BCUT2D eigenvalue weighted by Gasteiger charge is 2.13. The highest BCUT2D eigenvalue weighted by atomic mass is 32.1. The summed E-state index contributed by atoms with van der Waals surface area (Å²) in [5.41, 5.74) is 0. The average molecular weight is 290 g/mol. The molecule has 20 heavy (non-hydrogen) atoms. The Kier molecular flexibility index (Phi) is 4.76. The molecule has 0 bridgehead atoms. The van der Waals surface area contributed by atoms with Gasteiger partial charge < -0.3 is 15.7 Å². The summed E-state index contributed by atoms with van der Waals surface area (Å²) < 4.78 is 1.13. The predicted octanol–water partition coefficient (Wildman–Crippen LogP) is 2.81. The van der Waals surface area contributed by atoms with E-state index in [9.17, 15) is 9.90 Å². The molecule has 1 heterocycles. The molecule has 0 aliphatic heterocycles. The van der Waals surface area contributed by atoms with Gasteiger partial charge in [-0.1, -0.05) is 24.3 Å². The zero-order valence-corrected chi connectivity index (χ0v) is 12.1. The molecule has 0 spiro atoms. The molecule has 5 heteroatoms. The molecule has 0 fully saturated rings. The van der Waals surface area contributed by atoms with Crippen LogP contribution in [0.3, 0.4) is 0 Å². The summed E-state index contributed by atoms with van der Waals surface area (Å²) in [6.45, 7) is 5.60. The third kappa shape index (κ3) is 3.59. The van der Waals surface area contributed by atoms with E-state index < -0.39 is 6.10 Å². The molecule has 2 rings (SSSR count). The lowest BCUT2D eigenvalue weighted by atomic mass is 10.2. The molecule has 2 aromatic rings. The first kappa shape index (κ1) is 14.6. The number of aliphatic hydroxyl groups excluding tert-OH is 1. The van der Waals surface area contributed by atoms with E-state index in [0.29, 0.717) is 0 Å². The number of aliphatic hydroxyl groups is 1. The van der Waals surface area contributed by atoms with Gasteiger partial charge in [0.1, 0.15) is 6.10 Å². The summed E-state index contributed by atoms with van der Waals surface area (Å²) in [6, 6.07) is 9.51. The number of benzene rings is 1. The van der Waals surface area contributed by atoms with Crippen LogP contribution in [-0.4, -0.2) is 23.7 Å². The lowest BCUT2D eigenvalue weighted by Crippen LogP contribution is -2.41. The Morgan fingerprint density at radius 1 is 1.50 bits per heavy atom. The largest absolute Gasteiger partial charge is 0.386 e. The van der Waals surface area contributed by atoms with Crippen molar-refractivity contribution in [1.82, 2.24) is 10.6 Å². The van der Waals surface area contributed by atoms with Crippen molar-refractivity contribution < 1.29 is 9.90 Å². The highest BCUT2D eigenvalue weighted by Crippen LogP contribution is 2.29. The van der Waals surface area contributed by atoms with Gasteiger partial charge in [-0.3, -0.25) is 0 Å². The molecular weight excluding hydrogens is 272 g/mol. The Morgan fingerprint density at radius 2 is 2.25 bits per heavy atom. The van der Waals surface area contributed by atoms with Crippen molar-refractivity contribution in [3.05, 3.63) is 47.9 Å². The number of carbonyl (C=O) groups is 1. The summed E-state index contributed by atoms with van der Waals surface area (Å²) in [5, 5.41) is 16.6. The topological polar surface area (TPSA) is 61.4 Å². The minimum absolute atomic E-state index is 0.100. The van der Waals surface area contributed by atoms with Crippen LogP contribution in [0, 0.1) is 0 Å². The molecule has 2 atom stereocenters. The number of carbonyl (C=O) groups excluding carboxylic acids is 1. The molecule has 0 aliphatic rings.